The minimum Gasteiger partial charge on any atom is -0.379 e. The van der Waals surface area contributed by atoms with Gasteiger partial charge < -0.3 is 16.2 Å². The fraction of sp³-hybridized carbons (Fsp3) is 0.462. The molecule has 1 aromatic carbocycles. The van der Waals surface area contributed by atoms with Crippen LogP contribution in [0.1, 0.15) is 11.6 Å². The van der Waals surface area contributed by atoms with Gasteiger partial charge in [-0.25, -0.2) is 0 Å². The zero-order valence-electron chi connectivity index (χ0n) is 10.8. The van der Waals surface area contributed by atoms with Gasteiger partial charge in [-0.2, -0.15) is 0 Å². The van der Waals surface area contributed by atoms with Gasteiger partial charge in [0.2, 0.25) is 0 Å². The first-order chi connectivity index (χ1) is 9.18. The summed E-state index contributed by atoms with van der Waals surface area (Å²) in [6.45, 7) is 3.67. The van der Waals surface area contributed by atoms with Gasteiger partial charge >= 0.3 is 0 Å². The van der Waals surface area contributed by atoms with E-state index in [1.807, 2.05) is 24.3 Å². The molecule has 0 amide bonds. The van der Waals surface area contributed by atoms with Crippen molar-refractivity contribution in [3.05, 3.63) is 34.9 Å². The molecule has 1 heterocycles. The van der Waals surface area contributed by atoms with Crippen molar-refractivity contribution in [3.63, 3.8) is 0 Å². The number of hydrogen-bond donors (Lipinski definition) is 2. The Morgan fingerprint density at radius 3 is 2.63 bits per heavy atom. The molecule has 0 bridgehead atoms. The molecule has 5 nitrogen and oxygen atoms in total. The molecule has 6 heteroatoms. The molecular weight excluding hydrogens is 264 g/mol. The highest BCUT2D eigenvalue weighted by Crippen LogP contribution is 2.28. The van der Waals surface area contributed by atoms with Crippen molar-refractivity contribution in [1.82, 2.24) is 4.90 Å². The molecule has 1 aliphatic heterocycles. The Bertz CT molecular complexity index is 442. The van der Waals surface area contributed by atoms with Gasteiger partial charge in [0.15, 0.2) is 5.96 Å². The van der Waals surface area contributed by atoms with Crippen molar-refractivity contribution in [1.29, 1.82) is 0 Å². The SMILES string of the molecule is NC(N)=NCC(c1ccccc1Cl)N1CCOCC1. The van der Waals surface area contributed by atoms with E-state index in [4.69, 9.17) is 27.8 Å². The highest BCUT2D eigenvalue weighted by Gasteiger charge is 2.23. The van der Waals surface area contributed by atoms with Gasteiger partial charge in [0.25, 0.3) is 0 Å². The first kappa shape index (κ1) is 14.1. The summed E-state index contributed by atoms with van der Waals surface area (Å²) in [6, 6.07) is 7.89. The van der Waals surface area contributed by atoms with E-state index >= 15 is 0 Å². The van der Waals surface area contributed by atoms with Crippen molar-refractivity contribution < 1.29 is 4.74 Å². The number of benzene rings is 1. The van der Waals surface area contributed by atoms with Crippen LogP contribution in [0.3, 0.4) is 0 Å². The van der Waals surface area contributed by atoms with Crippen LogP contribution in [-0.2, 0) is 4.74 Å². The molecule has 1 aliphatic rings. The van der Waals surface area contributed by atoms with E-state index in [-0.39, 0.29) is 12.0 Å². The minimum absolute atomic E-state index is 0.0831. The quantitative estimate of drug-likeness (QED) is 0.638. The second kappa shape index (κ2) is 6.75. The molecule has 0 aromatic heterocycles. The third-order valence-corrected chi connectivity index (χ3v) is 3.54. The van der Waals surface area contributed by atoms with E-state index < -0.39 is 0 Å². The Balaban J connectivity index is 2.22. The lowest BCUT2D eigenvalue weighted by Crippen LogP contribution is -2.40. The van der Waals surface area contributed by atoms with E-state index in [1.165, 1.54) is 0 Å². The Kier molecular flexibility index (Phi) is 5.01. The number of ether oxygens (including phenoxy) is 1. The average Bonchev–Trinajstić information content (AvgIpc) is 2.42. The molecule has 1 unspecified atom stereocenters. The molecule has 2 rings (SSSR count). The summed E-state index contributed by atoms with van der Waals surface area (Å²) in [6.07, 6.45) is 0. The average molecular weight is 283 g/mol. The molecule has 0 spiro atoms. The van der Waals surface area contributed by atoms with Crippen LogP contribution in [0.5, 0.6) is 0 Å². The maximum atomic E-state index is 6.28. The van der Waals surface area contributed by atoms with Gasteiger partial charge in [-0.05, 0) is 11.6 Å². The van der Waals surface area contributed by atoms with Crippen LogP contribution in [0, 0.1) is 0 Å². The molecule has 1 atom stereocenters. The monoisotopic (exact) mass is 282 g/mol. The normalized spacial score (nSPS) is 17.9. The maximum Gasteiger partial charge on any atom is 0.185 e. The number of rotatable bonds is 4. The van der Waals surface area contributed by atoms with Crippen LogP contribution in [0.15, 0.2) is 29.3 Å². The van der Waals surface area contributed by atoms with E-state index in [1.54, 1.807) is 0 Å². The van der Waals surface area contributed by atoms with Crippen molar-refractivity contribution in [2.75, 3.05) is 32.8 Å². The Morgan fingerprint density at radius 2 is 2.00 bits per heavy atom. The fourth-order valence-corrected chi connectivity index (χ4v) is 2.50. The highest BCUT2D eigenvalue weighted by atomic mass is 35.5. The van der Waals surface area contributed by atoms with Crippen LogP contribution in [-0.4, -0.2) is 43.7 Å². The molecule has 0 aliphatic carbocycles. The first-order valence-electron chi connectivity index (χ1n) is 6.30. The summed E-state index contributed by atoms with van der Waals surface area (Å²) in [7, 11) is 0. The summed E-state index contributed by atoms with van der Waals surface area (Å²) in [5.41, 5.74) is 11.9. The van der Waals surface area contributed by atoms with Gasteiger partial charge in [0.1, 0.15) is 0 Å². The third-order valence-electron chi connectivity index (χ3n) is 3.20. The lowest BCUT2D eigenvalue weighted by Gasteiger charge is -2.34. The highest BCUT2D eigenvalue weighted by molar-refractivity contribution is 6.31. The molecule has 104 valence electrons. The standard InChI is InChI=1S/C13H19ClN4O/c14-11-4-2-1-3-10(11)12(9-17-13(15)16)18-5-7-19-8-6-18/h1-4,12H,5-9H2,(H4,15,16,17). The Labute approximate surface area is 118 Å². The summed E-state index contributed by atoms with van der Waals surface area (Å²) in [5, 5.41) is 0.741. The van der Waals surface area contributed by atoms with Crippen molar-refractivity contribution in [2.45, 2.75) is 6.04 Å². The molecular formula is C13H19ClN4O. The Hall–Kier alpha value is -1.30. The summed E-state index contributed by atoms with van der Waals surface area (Å²) < 4.78 is 5.38. The van der Waals surface area contributed by atoms with E-state index in [2.05, 4.69) is 9.89 Å². The second-order valence-corrected chi connectivity index (χ2v) is 4.86. The number of nitrogens with two attached hydrogens (primary N) is 2. The van der Waals surface area contributed by atoms with E-state index in [9.17, 15) is 0 Å². The number of morpholine rings is 1. The van der Waals surface area contributed by atoms with Gasteiger partial charge in [0.05, 0.1) is 25.8 Å². The van der Waals surface area contributed by atoms with E-state index in [0.717, 1.165) is 36.9 Å². The molecule has 1 fully saturated rings. The number of nitrogens with zero attached hydrogens (tertiary/aromatic N) is 2. The van der Waals surface area contributed by atoms with Gasteiger partial charge in [-0.15, -0.1) is 0 Å². The van der Waals surface area contributed by atoms with Gasteiger partial charge in [-0.3, -0.25) is 9.89 Å². The molecule has 1 aromatic rings. The smallest absolute Gasteiger partial charge is 0.185 e. The summed E-state index contributed by atoms with van der Waals surface area (Å²) >= 11 is 6.28. The largest absolute Gasteiger partial charge is 0.379 e. The van der Waals surface area contributed by atoms with Crippen molar-refractivity contribution in [2.24, 2.45) is 16.5 Å². The molecule has 19 heavy (non-hydrogen) atoms. The lowest BCUT2D eigenvalue weighted by molar-refractivity contribution is 0.0180. The summed E-state index contributed by atoms with van der Waals surface area (Å²) in [5.74, 6) is 0.102. The van der Waals surface area contributed by atoms with Crippen molar-refractivity contribution in [3.8, 4) is 0 Å². The van der Waals surface area contributed by atoms with Gasteiger partial charge in [-0.1, -0.05) is 29.8 Å². The van der Waals surface area contributed by atoms with E-state index in [0.29, 0.717) is 6.54 Å². The number of hydrogen-bond acceptors (Lipinski definition) is 3. The zero-order chi connectivity index (χ0) is 13.7. The maximum absolute atomic E-state index is 6.28. The number of aliphatic imine (C=N–C) groups is 1. The minimum atomic E-state index is 0.0831. The van der Waals surface area contributed by atoms with Crippen LogP contribution < -0.4 is 11.5 Å². The van der Waals surface area contributed by atoms with Crippen LogP contribution in [0.4, 0.5) is 0 Å². The van der Waals surface area contributed by atoms with Crippen LogP contribution in [0.25, 0.3) is 0 Å². The predicted molar refractivity (Wildman–Crippen MR) is 77.3 cm³/mol. The third kappa shape index (κ3) is 3.83. The van der Waals surface area contributed by atoms with Crippen LogP contribution in [0.2, 0.25) is 5.02 Å². The zero-order valence-corrected chi connectivity index (χ0v) is 11.5. The first-order valence-corrected chi connectivity index (χ1v) is 6.68. The summed E-state index contributed by atoms with van der Waals surface area (Å²) in [4.78, 5) is 6.45. The van der Waals surface area contributed by atoms with Crippen molar-refractivity contribution >= 4 is 17.6 Å². The molecule has 0 radical (unpaired) electrons. The van der Waals surface area contributed by atoms with Crippen LogP contribution >= 0.6 is 11.6 Å². The fourth-order valence-electron chi connectivity index (χ4n) is 2.24. The number of guanidine groups is 1. The molecule has 0 saturated carbocycles. The lowest BCUT2D eigenvalue weighted by atomic mass is 10.0. The molecule has 1 saturated heterocycles. The number of halogens is 1. The predicted octanol–water partition coefficient (Wildman–Crippen LogP) is 0.987. The van der Waals surface area contributed by atoms with Gasteiger partial charge in [0, 0.05) is 18.1 Å². The Morgan fingerprint density at radius 1 is 1.32 bits per heavy atom. The second-order valence-electron chi connectivity index (χ2n) is 4.45. The topological polar surface area (TPSA) is 76.9 Å². The molecule has 4 N–H and O–H groups in total.